The van der Waals surface area contributed by atoms with Crippen LogP contribution in [-0.4, -0.2) is 75.0 Å². The van der Waals surface area contributed by atoms with Gasteiger partial charge in [-0.25, -0.2) is 0 Å². The lowest BCUT2D eigenvalue weighted by atomic mass is 10.2. The molecule has 2 aliphatic heterocycles. The Hall–Kier alpha value is -2.29. The molecule has 1 atom stereocenters. The van der Waals surface area contributed by atoms with E-state index in [-0.39, 0.29) is 11.9 Å². The molecule has 2 aliphatic rings. The first kappa shape index (κ1) is 13.4. The molecule has 2 aromatic heterocycles. The Labute approximate surface area is 126 Å². The number of hydrogen-bond donors (Lipinski definition) is 0. The van der Waals surface area contributed by atoms with Crippen molar-refractivity contribution in [2.45, 2.75) is 18.9 Å². The number of anilines is 1. The molecule has 2 aromatic rings. The summed E-state index contributed by atoms with van der Waals surface area (Å²) in [6, 6.07) is 3.53. The summed E-state index contributed by atoms with van der Waals surface area (Å²) in [5, 5.41) is 15.7. The van der Waals surface area contributed by atoms with E-state index in [1.54, 1.807) is 0 Å². The smallest absolute Gasteiger partial charge is 0.245 e. The van der Waals surface area contributed by atoms with E-state index in [4.69, 9.17) is 4.74 Å². The third-order valence-corrected chi connectivity index (χ3v) is 4.21. The molecule has 9 nitrogen and oxygen atoms in total. The van der Waals surface area contributed by atoms with Crippen molar-refractivity contribution in [3.05, 3.63) is 12.1 Å². The van der Waals surface area contributed by atoms with Gasteiger partial charge >= 0.3 is 0 Å². The Morgan fingerprint density at radius 2 is 2.09 bits per heavy atom. The lowest BCUT2D eigenvalue weighted by Gasteiger charge is -2.32. The molecule has 0 aromatic carbocycles. The number of carbonyl (C=O) groups excluding carboxylic acids is 1. The first-order chi connectivity index (χ1) is 10.8. The standard InChI is InChI=1S/C13H17N7O2/c21-13(18-6-8-22-9-7-18)10-2-1-5-19(10)12-4-3-11-14-16-17-20(11)15-12/h3-4,10H,1-2,5-9H2/t10-/m1/s1. The second-order valence-corrected chi connectivity index (χ2v) is 5.51. The lowest BCUT2D eigenvalue weighted by molar-refractivity contribution is -0.136. The number of ether oxygens (including phenoxy) is 1. The van der Waals surface area contributed by atoms with Crippen LogP contribution < -0.4 is 4.90 Å². The number of rotatable bonds is 2. The number of aromatic nitrogens is 5. The number of nitrogens with zero attached hydrogens (tertiary/aromatic N) is 7. The number of hydrogen-bond acceptors (Lipinski definition) is 7. The Balaban J connectivity index is 1.58. The Bertz CT molecular complexity index is 682. The van der Waals surface area contributed by atoms with Crippen LogP contribution in [0.15, 0.2) is 12.1 Å². The summed E-state index contributed by atoms with van der Waals surface area (Å²) in [5.41, 5.74) is 0.596. The summed E-state index contributed by atoms with van der Waals surface area (Å²) in [6.45, 7) is 3.40. The van der Waals surface area contributed by atoms with Gasteiger partial charge in [0.05, 0.1) is 13.2 Å². The monoisotopic (exact) mass is 303 g/mol. The predicted molar refractivity (Wildman–Crippen MR) is 76.3 cm³/mol. The second kappa shape index (κ2) is 5.48. The molecular formula is C13H17N7O2. The van der Waals surface area contributed by atoms with Crippen molar-refractivity contribution in [1.29, 1.82) is 0 Å². The van der Waals surface area contributed by atoms with Crippen LogP contribution in [0, 0.1) is 0 Å². The number of fused-ring (bicyclic) bond motifs is 1. The fraction of sp³-hybridized carbons (Fsp3) is 0.615. The quantitative estimate of drug-likeness (QED) is 0.728. The van der Waals surface area contributed by atoms with Crippen LogP contribution in [-0.2, 0) is 9.53 Å². The topological polar surface area (TPSA) is 88.8 Å². The summed E-state index contributed by atoms with van der Waals surface area (Å²) in [7, 11) is 0. The molecule has 4 rings (SSSR count). The zero-order valence-electron chi connectivity index (χ0n) is 12.1. The maximum Gasteiger partial charge on any atom is 0.245 e. The van der Waals surface area contributed by atoms with Crippen LogP contribution in [0.4, 0.5) is 5.82 Å². The Morgan fingerprint density at radius 3 is 2.95 bits per heavy atom. The molecule has 2 fully saturated rings. The van der Waals surface area contributed by atoms with Crippen LogP contribution in [0.1, 0.15) is 12.8 Å². The third kappa shape index (κ3) is 2.27. The SMILES string of the molecule is O=C([C@H]1CCCN1c1ccc2nnnn2n1)N1CCOCC1. The van der Waals surface area contributed by atoms with Crippen LogP contribution in [0.3, 0.4) is 0 Å². The highest BCUT2D eigenvalue weighted by Crippen LogP contribution is 2.25. The molecule has 0 spiro atoms. The van der Waals surface area contributed by atoms with Crippen LogP contribution in [0.5, 0.6) is 0 Å². The van der Waals surface area contributed by atoms with Gasteiger partial charge in [-0.15, -0.1) is 14.8 Å². The van der Waals surface area contributed by atoms with Crippen LogP contribution in [0.25, 0.3) is 5.65 Å². The number of amides is 1. The number of carbonyl (C=O) groups is 1. The summed E-state index contributed by atoms with van der Waals surface area (Å²) in [5.74, 6) is 0.906. The highest BCUT2D eigenvalue weighted by molar-refractivity contribution is 5.85. The molecule has 0 N–H and O–H groups in total. The molecule has 22 heavy (non-hydrogen) atoms. The van der Waals surface area contributed by atoms with Gasteiger partial charge in [0.15, 0.2) is 11.5 Å². The summed E-state index contributed by atoms with van der Waals surface area (Å²) in [6.07, 6.45) is 1.83. The predicted octanol–water partition coefficient (Wildman–Crippen LogP) is -0.653. The van der Waals surface area contributed by atoms with Crippen molar-refractivity contribution in [1.82, 2.24) is 30.2 Å². The Morgan fingerprint density at radius 1 is 1.23 bits per heavy atom. The molecule has 0 saturated carbocycles. The highest BCUT2D eigenvalue weighted by atomic mass is 16.5. The minimum Gasteiger partial charge on any atom is -0.378 e. The minimum absolute atomic E-state index is 0.153. The van der Waals surface area contributed by atoms with Gasteiger partial charge in [0.1, 0.15) is 6.04 Å². The van der Waals surface area contributed by atoms with Gasteiger partial charge in [-0.05, 0) is 35.4 Å². The molecule has 1 amide bonds. The van der Waals surface area contributed by atoms with Gasteiger partial charge < -0.3 is 14.5 Å². The van der Waals surface area contributed by atoms with E-state index >= 15 is 0 Å². The fourth-order valence-electron chi connectivity index (χ4n) is 3.09. The largest absolute Gasteiger partial charge is 0.378 e. The van der Waals surface area contributed by atoms with Gasteiger partial charge in [0.2, 0.25) is 5.91 Å². The first-order valence-electron chi connectivity index (χ1n) is 7.51. The van der Waals surface area contributed by atoms with Crippen molar-refractivity contribution in [2.24, 2.45) is 0 Å². The van der Waals surface area contributed by atoms with E-state index in [1.165, 1.54) is 4.63 Å². The van der Waals surface area contributed by atoms with Gasteiger partial charge in [0.25, 0.3) is 0 Å². The van der Waals surface area contributed by atoms with Crippen molar-refractivity contribution in [3.63, 3.8) is 0 Å². The minimum atomic E-state index is -0.153. The van der Waals surface area contributed by atoms with Crippen LogP contribution >= 0.6 is 0 Å². The zero-order chi connectivity index (χ0) is 14.9. The van der Waals surface area contributed by atoms with Crippen molar-refractivity contribution < 1.29 is 9.53 Å². The van der Waals surface area contributed by atoms with Gasteiger partial charge in [-0.1, -0.05) is 0 Å². The molecule has 116 valence electrons. The Kier molecular flexibility index (Phi) is 3.34. The fourth-order valence-corrected chi connectivity index (χ4v) is 3.09. The first-order valence-corrected chi connectivity index (χ1v) is 7.51. The molecule has 2 saturated heterocycles. The average Bonchev–Trinajstić information content (AvgIpc) is 3.23. The van der Waals surface area contributed by atoms with E-state index in [2.05, 4.69) is 25.5 Å². The van der Waals surface area contributed by atoms with E-state index in [9.17, 15) is 4.79 Å². The van der Waals surface area contributed by atoms with E-state index in [0.29, 0.717) is 32.0 Å². The second-order valence-electron chi connectivity index (χ2n) is 5.51. The molecule has 9 heteroatoms. The van der Waals surface area contributed by atoms with Crippen LogP contribution in [0.2, 0.25) is 0 Å². The third-order valence-electron chi connectivity index (χ3n) is 4.21. The van der Waals surface area contributed by atoms with E-state index < -0.39 is 0 Å². The van der Waals surface area contributed by atoms with Gasteiger partial charge in [-0.3, -0.25) is 4.79 Å². The maximum atomic E-state index is 12.8. The van der Waals surface area contributed by atoms with E-state index in [0.717, 1.165) is 25.2 Å². The highest BCUT2D eigenvalue weighted by Gasteiger charge is 2.35. The zero-order valence-corrected chi connectivity index (χ0v) is 12.1. The van der Waals surface area contributed by atoms with Gasteiger partial charge in [0, 0.05) is 19.6 Å². The van der Waals surface area contributed by atoms with Crippen molar-refractivity contribution in [3.8, 4) is 0 Å². The molecule has 0 aliphatic carbocycles. The summed E-state index contributed by atoms with van der Waals surface area (Å²) >= 11 is 0. The molecule has 4 heterocycles. The summed E-state index contributed by atoms with van der Waals surface area (Å²) < 4.78 is 6.71. The van der Waals surface area contributed by atoms with E-state index in [1.807, 2.05) is 17.0 Å². The lowest BCUT2D eigenvalue weighted by Crippen LogP contribution is -2.50. The van der Waals surface area contributed by atoms with Gasteiger partial charge in [-0.2, -0.15) is 0 Å². The molecule has 0 unspecified atom stereocenters. The summed E-state index contributed by atoms with van der Waals surface area (Å²) in [4.78, 5) is 16.7. The normalized spacial score (nSPS) is 22.5. The molecule has 0 bridgehead atoms. The van der Waals surface area contributed by atoms with Crippen molar-refractivity contribution in [2.75, 3.05) is 37.7 Å². The maximum absolute atomic E-state index is 12.8. The van der Waals surface area contributed by atoms with Crippen molar-refractivity contribution >= 4 is 17.4 Å². The molecular weight excluding hydrogens is 286 g/mol. The molecule has 0 radical (unpaired) electrons. The average molecular weight is 303 g/mol. The number of tetrazole rings is 1. The number of morpholine rings is 1.